The first-order valence-corrected chi connectivity index (χ1v) is 8.79. The van der Waals surface area contributed by atoms with Gasteiger partial charge in [-0.25, -0.2) is 0 Å². The predicted molar refractivity (Wildman–Crippen MR) is 105 cm³/mol. The van der Waals surface area contributed by atoms with E-state index in [0.717, 1.165) is 0 Å². The Kier molecular flexibility index (Phi) is 7.90. The van der Waals surface area contributed by atoms with E-state index in [-0.39, 0.29) is 23.9 Å². The molecule has 0 fully saturated rings. The van der Waals surface area contributed by atoms with Gasteiger partial charge in [-0.1, -0.05) is 18.2 Å². The number of carbonyl (C=O) groups is 2. The molecule has 1 atom stereocenters. The van der Waals surface area contributed by atoms with Gasteiger partial charge >= 0.3 is 6.61 Å². The molecule has 0 spiro atoms. The summed E-state index contributed by atoms with van der Waals surface area (Å²) in [6.07, 6.45) is 0. The predicted octanol–water partition coefficient (Wildman–Crippen LogP) is 3.19. The number of carbonyl (C=O) groups excluding carboxylic acids is 2. The largest absolute Gasteiger partial charge is 0.497 e. The van der Waals surface area contributed by atoms with Gasteiger partial charge in [0.05, 0.1) is 25.4 Å². The summed E-state index contributed by atoms with van der Waals surface area (Å²) in [6, 6.07) is 12.1. The van der Waals surface area contributed by atoms with Gasteiger partial charge in [0.25, 0.3) is 0 Å². The highest BCUT2D eigenvalue weighted by Gasteiger charge is 2.22. The number of likely N-dealkylation sites (N-methyl/N-ethyl adjacent to an activating group) is 1. The molecule has 0 heterocycles. The van der Waals surface area contributed by atoms with Crippen LogP contribution in [0.1, 0.15) is 6.92 Å². The Hall–Kier alpha value is -3.20. The monoisotopic (exact) mass is 407 g/mol. The number of amides is 2. The fourth-order valence-electron chi connectivity index (χ4n) is 2.47. The topological polar surface area (TPSA) is 79.9 Å². The number of anilines is 2. The number of ether oxygens (including phenoxy) is 2. The minimum absolute atomic E-state index is 0.0546. The second-order valence-corrected chi connectivity index (χ2v) is 6.24. The third-order valence-electron chi connectivity index (χ3n) is 4.15. The average Bonchev–Trinajstić information content (AvgIpc) is 2.68. The van der Waals surface area contributed by atoms with Crippen molar-refractivity contribution in [2.24, 2.45) is 0 Å². The number of halogens is 2. The van der Waals surface area contributed by atoms with E-state index in [1.807, 2.05) is 0 Å². The Bertz CT molecular complexity index is 848. The summed E-state index contributed by atoms with van der Waals surface area (Å²) in [5.41, 5.74) is 0.691. The van der Waals surface area contributed by atoms with Gasteiger partial charge in [-0.3, -0.25) is 14.5 Å². The van der Waals surface area contributed by atoms with Crippen LogP contribution in [0.2, 0.25) is 0 Å². The van der Waals surface area contributed by atoms with Gasteiger partial charge in [-0.15, -0.1) is 0 Å². The number of hydrogen-bond donors (Lipinski definition) is 2. The first kappa shape index (κ1) is 22.1. The number of alkyl halides is 2. The molecule has 0 radical (unpaired) electrons. The van der Waals surface area contributed by atoms with Crippen molar-refractivity contribution >= 4 is 23.2 Å². The molecule has 0 aliphatic heterocycles. The molecular formula is C20H23F2N3O4. The molecule has 0 aromatic heterocycles. The van der Waals surface area contributed by atoms with E-state index >= 15 is 0 Å². The van der Waals surface area contributed by atoms with Gasteiger partial charge in [0.1, 0.15) is 11.5 Å². The molecular weight excluding hydrogens is 384 g/mol. The van der Waals surface area contributed by atoms with Gasteiger partial charge < -0.3 is 20.1 Å². The molecule has 2 amide bonds. The average molecular weight is 407 g/mol. The second-order valence-electron chi connectivity index (χ2n) is 6.24. The van der Waals surface area contributed by atoms with Crippen molar-refractivity contribution in [1.82, 2.24) is 4.90 Å². The van der Waals surface area contributed by atoms with Crippen LogP contribution in [0.4, 0.5) is 20.2 Å². The van der Waals surface area contributed by atoms with Crippen molar-refractivity contribution < 1.29 is 27.8 Å². The Morgan fingerprint density at radius 2 is 1.83 bits per heavy atom. The fraction of sp³-hybridized carbons (Fsp3) is 0.300. The molecule has 0 saturated carbocycles. The highest BCUT2D eigenvalue weighted by molar-refractivity contribution is 5.97. The van der Waals surface area contributed by atoms with E-state index < -0.39 is 18.6 Å². The molecule has 1 unspecified atom stereocenters. The summed E-state index contributed by atoms with van der Waals surface area (Å²) in [4.78, 5) is 26.3. The summed E-state index contributed by atoms with van der Waals surface area (Å²) < 4.78 is 34.5. The Morgan fingerprint density at radius 3 is 2.52 bits per heavy atom. The van der Waals surface area contributed by atoms with Crippen molar-refractivity contribution in [3.8, 4) is 11.5 Å². The standard InChI is InChI=1S/C20H23F2N3O4/c1-13(19(27)24-16-9-4-5-10-17(16)29-20(21)22)25(2)12-18(26)23-14-7-6-8-15(11-14)28-3/h4-11,13,20H,12H2,1-3H3,(H,23,26)(H,24,27). The fourth-order valence-corrected chi connectivity index (χ4v) is 2.47. The molecule has 0 aliphatic carbocycles. The Balaban J connectivity index is 1.94. The molecule has 2 rings (SSSR count). The van der Waals surface area contributed by atoms with Gasteiger partial charge in [0.15, 0.2) is 0 Å². The van der Waals surface area contributed by atoms with Crippen LogP contribution >= 0.6 is 0 Å². The zero-order valence-electron chi connectivity index (χ0n) is 16.3. The summed E-state index contributed by atoms with van der Waals surface area (Å²) in [5.74, 6) is -0.316. The molecule has 2 aromatic carbocycles. The lowest BCUT2D eigenvalue weighted by Crippen LogP contribution is -2.43. The van der Waals surface area contributed by atoms with Crippen molar-refractivity contribution in [1.29, 1.82) is 0 Å². The van der Waals surface area contributed by atoms with E-state index in [1.54, 1.807) is 44.3 Å². The molecule has 0 saturated heterocycles. The number of benzene rings is 2. The van der Waals surface area contributed by atoms with Gasteiger partial charge in [-0.2, -0.15) is 8.78 Å². The number of hydrogen-bond acceptors (Lipinski definition) is 5. The summed E-state index contributed by atoms with van der Waals surface area (Å²) >= 11 is 0. The lowest BCUT2D eigenvalue weighted by atomic mass is 10.2. The van der Waals surface area contributed by atoms with E-state index in [0.29, 0.717) is 11.4 Å². The minimum atomic E-state index is -3.01. The highest BCUT2D eigenvalue weighted by Crippen LogP contribution is 2.25. The first-order valence-electron chi connectivity index (χ1n) is 8.79. The maximum Gasteiger partial charge on any atom is 0.387 e. The molecule has 0 bridgehead atoms. The molecule has 29 heavy (non-hydrogen) atoms. The first-order chi connectivity index (χ1) is 13.8. The lowest BCUT2D eigenvalue weighted by molar-refractivity contribution is -0.122. The second kappa shape index (κ2) is 10.4. The van der Waals surface area contributed by atoms with Crippen LogP contribution in [0.3, 0.4) is 0 Å². The number of methoxy groups -OCH3 is 1. The zero-order valence-corrected chi connectivity index (χ0v) is 16.3. The van der Waals surface area contributed by atoms with Crippen LogP contribution < -0.4 is 20.1 Å². The number of nitrogens with one attached hydrogen (secondary N) is 2. The lowest BCUT2D eigenvalue weighted by Gasteiger charge is -2.23. The Morgan fingerprint density at radius 1 is 1.10 bits per heavy atom. The maximum atomic E-state index is 12.5. The van der Waals surface area contributed by atoms with E-state index in [1.165, 1.54) is 30.2 Å². The van der Waals surface area contributed by atoms with Crippen LogP contribution in [0.25, 0.3) is 0 Å². The number of rotatable bonds is 9. The smallest absolute Gasteiger partial charge is 0.387 e. The van der Waals surface area contributed by atoms with Gasteiger partial charge in [0, 0.05) is 11.8 Å². The van der Waals surface area contributed by atoms with Gasteiger partial charge in [0.2, 0.25) is 11.8 Å². The van der Waals surface area contributed by atoms with Crippen LogP contribution in [0.15, 0.2) is 48.5 Å². The third-order valence-corrected chi connectivity index (χ3v) is 4.15. The number of nitrogens with zero attached hydrogens (tertiary/aromatic N) is 1. The maximum absolute atomic E-state index is 12.5. The normalized spacial score (nSPS) is 11.8. The SMILES string of the molecule is COc1cccc(NC(=O)CN(C)C(C)C(=O)Nc2ccccc2OC(F)F)c1. The van der Waals surface area contributed by atoms with Crippen molar-refractivity contribution in [3.05, 3.63) is 48.5 Å². The van der Waals surface area contributed by atoms with Crippen molar-refractivity contribution in [3.63, 3.8) is 0 Å². The Labute approximate surface area is 167 Å². The summed E-state index contributed by atoms with van der Waals surface area (Å²) in [5, 5.41) is 5.27. The molecule has 0 aliphatic rings. The van der Waals surface area contributed by atoms with Crippen LogP contribution in [0.5, 0.6) is 11.5 Å². The highest BCUT2D eigenvalue weighted by atomic mass is 19.3. The van der Waals surface area contributed by atoms with Crippen LogP contribution in [-0.2, 0) is 9.59 Å². The zero-order chi connectivity index (χ0) is 21.4. The molecule has 2 aromatic rings. The number of para-hydroxylation sites is 2. The van der Waals surface area contributed by atoms with Crippen molar-refractivity contribution in [2.75, 3.05) is 31.3 Å². The quantitative estimate of drug-likeness (QED) is 0.667. The molecule has 9 heteroatoms. The van der Waals surface area contributed by atoms with E-state index in [2.05, 4.69) is 15.4 Å². The van der Waals surface area contributed by atoms with E-state index in [4.69, 9.17) is 4.74 Å². The minimum Gasteiger partial charge on any atom is -0.497 e. The summed E-state index contributed by atoms with van der Waals surface area (Å²) in [7, 11) is 3.14. The van der Waals surface area contributed by atoms with Crippen molar-refractivity contribution in [2.45, 2.75) is 19.6 Å². The third kappa shape index (κ3) is 6.72. The van der Waals surface area contributed by atoms with Crippen LogP contribution in [-0.4, -0.2) is 50.1 Å². The summed E-state index contributed by atoms with van der Waals surface area (Å²) in [6.45, 7) is -1.46. The van der Waals surface area contributed by atoms with Crippen LogP contribution in [0, 0.1) is 0 Å². The molecule has 7 nitrogen and oxygen atoms in total. The molecule has 2 N–H and O–H groups in total. The van der Waals surface area contributed by atoms with E-state index in [9.17, 15) is 18.4 Å². The molecule has 156 valence electrons. The van der Waals surface area contributed by atoms with Gasteiger partial charge in [-0.05, 0) is 38.2 Å².